The average Bonchev–Trinajstić information content (AvgIpc) is 2.54. The van der Waals surface area contributed by atoms with E-state index in [1.165, 1.54) is 23.5 Å². The van der Waals surface area contributed by atoms with Crippen LogP contribution in [0.4, 0.5) is 0 Å². The largest absolute Gasteiger partial charge is 0.490 e. The molecular formula is C18H26O4S2. The van der Waals surface area contributed by atoms with Gasteiger partial charge in [0.2, 0.25) is 0 Å². The minimum Gasteiger partial charge on any atom is -0.490 e. The van der Waals surface area contributed by atoms with Crippen LogP contribution in [0.15, 0.2) is 12.1 Å². The number of benzene rings is 1. The second-order valence-electron chi connectivity index (χ2n) is 5.33. The first-order valence-corrected chi connectivity index (χ1v) is 10.1. The van der Waals surface area contributed by atoms with Crippen molar-refractivity contribution in [2.45, 2.75) is 52.0 Å². The van der Waals surface area contributed by atoms with Crippen LogP contribution in [-0.4, -0.2) is 23.4 Å². The lowest BCUT2D eigenvalue weighted by atomic mass is 10.1. The molecule has 134 valence electrons. The van der Waals surface area contributed by atoms with Crippen molar-refractivity contribution >= 4 is 33.8 Å². The Morgan fingerprint density at radius 3 is 1.50 bits per heavy atom. The zero-order valence-corrected chi connectivity index (χ0v) is 16.5. The average molecular weight is 371 g/mol. The van der Waals surface area contributed by atoms with Crippen molar-refractivity contribution in [3.63, 3.8) is 0 Å². The predicted molar refractivity (Wildman–Crippen MR) is 102 cm³/mol. The molecule has 0 atom stereocenters. The van der Waals surface area contributed by atoms with Crippen LogP contribution in [0.25, 0.3) is 0 Å². The molecule has 0 spiro atoms. The van der Waals surface area contributed by atoms with Gasteiger partial charge < -0.3 is 9.47 Å². The molecule has 0 N–H and O–H groups in total. The molecule has 0 aromatic heterocycles. The van der Waals surface area contributed by atoms with Gasteiger partial charge >= 0.3 is 0 Å². The van der Waals surface area contributed by atoms with E-state index in [2.05, 4.69) is 13.8 Å². The van der Waals surface area contributed by atoms with Crippen molar-refractivity contribution in [3.05, 3.63) is 23.3 Å². The molecule has 0 bridgehead atoms. The maximum atomic E-state index is 11.3. The van der Waals surface area contributed by atoms with E-state index in [1.54, 1.807) is 13.8 Å². The van der Waals surface area contributed by atoms with E-state index in [9.17, 15) is 9.59 Å². The summed E-state index contributed by atoms with van der Waals surface area (Å²) in [7, 11) is 0. The summed E-state index contributed by atoms with van der Waals surface area (Å²) in [5.41, 5.74) is 2.03. The number of ether oxygens (including phenoxy) is 2. The zero-order valence-electron chi connectivity index (χ0n) is 14.8. The van der Waals surface area contributed by atoms with Gasteiger partial charge in [-0.25, -0.2) is 0 Å². The molecule has 0 unspecified atom stereocenters. The number of thioether (sulfide) groups is 2. The SMILES string of the molecule is CCCOc1cc(CSC(C)=O)c(CSC(C)=O)cc1OCCC. The van der Waals surface area contributed by atoms with E-state index < -0.39 is 0 Å². The van der Waals surface area contributed by atoms with Gasteiger partial charge in [0.05, 0.1) is 13.2 Å². The first-order valence-electron chi connectivity index (χ1n) is 8.16. The van der Waals surface area contributed by atoms with E-state index in [0.717, 1.165) is 24.0 Å². The van der Waals surface area contributed by atoms with Gasteiger partial charge in [0.25, 0.3) is 0 Å². The van der Waals surface area contributed by atoms with Crippen molar-refractivity contribution < 1.29 is 19.1 Å². The Balaban J connectivity index is 3.13. The van der Waals surface area contributed by atoms with E-state index in [4.69, 9.17) is 9.47 Å². The Hall–Kier alpha value is -1.14. The number of hydrogen-bond donors (Lipinski definition) is 0. The fourth-order valence-corrected chi connectivity index (χ4v) is 3.18. The first kappa shape index (κ1) is 20.9. The summed E-state index contributed by atoms with van der Waals surface area (Å²) in [6.07, 6.45) is 1.82. The summed E-state index contributed by atoms with van der Waals surface area (Å²) in [5.74, 6) is 2.56. The fraction of sp³-hybridized carbons (Fsp3) is 0.556. The Kier molecular flexibility index (Phi) is 9.95. The molecule has 6 heteroatoms. The molecule has 0 heterocycles. The van der Waals surface area contributed by atoms with Crippen molar-refractivity contribution in [2.24, 2.45) is 0 Å². The topological polar surface area (TPSA) is 52.6 Å². The lowest BCUT2D eigenvalue weighted by molar-refractivity contribution is -0.109. The summed E-state index contributed by atoms with van der Waals surface area (Å²) in [4.78, 5) is 22.6. The second-order valence-corrected chi connectivity index (χ2v) is 7.63. The third-order valence-electron chi connectivity index (χ3n) is 3.05. The molecule has 1 aromatic rings. The minimum absolute atomic E-state index is 0.0718. The Bertz CT molecular complexity index is 509. The van der Waals surface area contributed by atoms with Crippen LogP contribution in [0.5, 0.6) is 11.5 Å². The van der Waals surface area contributed by atoms with Gasteiger partial charge in [-0.1, -0.05) is 37.4 Å². The zero-order chi connectivity index (χ0) is 17.9. The molecule has 4 nitrogen and oxygen atoms in total. The van der Waals surface area contributed by atoms with Crippen LogP contribution in [0, 0.1) is 0 Å². The molecule has 0 aliphatic rings. The number of carbonyl (C=O) groups excluding carboxylic acids is 2. The summed E-state index contributed by atoms with van der Waals surface area (Å²) in [5, 5.41) is 0.144. The third-order valence-corrected chi connectivity index (χ3v) is 4.77. The molecule has 0 aliphatic heterocycles. The number of hydrogen-bond acceptors (Lipinski definition) is 6. The van der Waals surface area contributed by atoms with Crippen LogP contribution in [0.2, 0.25) is 0 Å². The van der Waals surface area contributed by atoms with Gasteiger partial charge in [0, 0.05) is 25.4 Å². The van der Waals surface area contributed by atoms with Gasteiger partial charge in [-0.15, -0.1) is 0 Å². The van der Waals surface area contributed by atoms with E-state index in [1.807, 2.05) is 12.1 Å². The van der Waals surface area contributed by atoms with Crippen molar-refractivity contribution in [3.8, 4) is 11.5 Å². The van der Waals surface area contributed by atoms with Gasteiger partial charge in [-0.3, -0.25) is 9.59 Å². The van der Waals surface area contributed by atoms with Gasteiger partial charge in [-0.2, -0.15) is 0 Å². The van der Waals surface area contributed by atoms with Crippen LogP contribution in [0.3, 0.4) is 0 Å². The predicted octanol–water partition coefficient (Wildman–Crippen LogP) is 4.82. The molecule has 24 heavy (non-hydrogen) atoms. The summed E-state index contributed by atoms with van der Waals surface area (Å²) in [6.45, 7) is 8.45. The van der Waals surface area contributed by atoms with Crippen molar-refractivity contribution in [1.82, 2.24) is 0 Å². The Morgan fingerprint density at radius 1 is 0.833 bits per heavy atom. The summed E-state index contributed by atoms with van der Waals surface area (Å²) in [6, 6.07) is 3.90. The van der Waals surface area contributed by atoms with E-state index in [-0.39, 0.29) is 10.2 Å². The molecule has 0 fully saturated rings. The normalized spacial score (nSPS) is 10.5. The number of carbonyl (C=O) groups is 2. The second kappa shape index (κ2) is 11.4. The maximum absolute atomic E-state index is 11.3. The molecule has 0 radical (unpaired) electrons. The van der Waals surface area contributed by atoms with Crippen LogP contribution >= 0.6 is 23.5 Å². The highest BCUT2D eigenvalue weighted by molar-refractivity contribution is 8.13. The highest BCUT2D eigenvalue weighted by atomic mass is 32.2. The van der Waals surface area contributed by atoms with Crippen LogP contribution in [-0.2, 0) is 21.1 Å². The molecule has 0 amide bonds. The maximum Gasteiger partial charge on any atom is 0.186 e. The van der Waals surface area contributed by atoms with Gasteiger partial charge in [-0.05, 0) is 36.1 Å². The summed E-state index contributed by atoms with van der Waals surface area (Å²) >= 11 is 2.52. The highest BCUT2D eigenvalue weighted by Crippen LogP contribution is 2.35. The highest BCUT2D eigenvalue weighted by Gasteiger charge is 2.14. The molecule has 0 saturated carbocycles. The Morgan fingerprint density at radius 2 is 1.21 bits per heavy atom. The lowest BCUT2D eigenvalue weighted by Gasteiger charge is -2.17. The van der Waals surface area contributed by atoms with Crippen LogP contribution in [0.1, 0.15) is 51.7 Å². The lowest BCUT2D eigenvalue weighted by Crippen LogP contribution is -2.04. The van der Waals surface area contributed by atoms with Gasteiger partial charge in [0.1, 0.15) is 0 Å². The fourth-order valence-electron chi connectivity index (χ4n) is 1.92. The Labute approximate surface area is 153 Å². The van der Waals surface area contributed by atoms with Gasteiger partial charge in [0.15, 0.2) is 21.7 Å². The van der Waals surface area contributed by atoms with Crippen molar-refractivity contribution in [2.75, 3.05) is 13.2 Å². The number of rotatable bonds is 10. The molecular weight excluding hydrogens is 344 g/mol. The quantitative estimate of drug-likeness (QED) is 0.588. The molecule has 0 aliphatic carbocycles. The monoisotopic (exact) mass is 370 g/mol. The smallest absolute Gasteiger partial charge is 0.186 e. The standard InChI is InChI=1S/C18H26O4S2/c1-5-7-21-17-9-15(11-23-13(3)19)16(12-24-14(4)20)10-18(17)22-8-6-2/h9-10H,5-8,11-12H2,1-4H3. The summed E-state index contributed by atoms with van der Waals surface area (Å²) < 4.78 is 11.6. The van der Waals surface area contributed by atoms with E-state index in [0.29, 0.717) is 36.2 Å². The third kappa shape index (κ3) is 7.62. The molecule has 1 aromatic carbocycles. The van der Waals surface area contributed by atoms with E-state index >= 15 is 0 Å². The minimum atomic E-state index is 0.0718. The van der Waals surface area contributed by atoms with Crippen LogP contribution < -0.4 is 9.47 Å². The molecule has 1 rings (SSSR count). The molecule has 0 saturated heterocycles. The van der Waals surface area contributed by atoms with Crippen molar-refractivity contribution in [1.29, 1.82) is 0 Å². The first-order chi connectivity index (χ1) is 11.5.